The molecule has 0 saturated carbocycles. The monoisotopic (exact) mass is 776 g/mol. The van der Waals surface area contributed by atoms with Crippen molar-refractivity contribution >= 4 is 78.2 Å². The Balaban J connectivity index is -0.00000705. The van der Waals surface area contributed by atoms with Crippen LogP contribution >= 0.6 is 52.1 Å². The third-order valence-corrected chi connectivity index (χ3v) is 12.7. The van der Waals surface area contributed by atoms with Crippen LogP contribution in [-0.4, -0.2) is 51.5 Å². The molecular formula is C36H61ClN2O6S3Si. The molecule has 13 heteroatoms. The third-order valence-electron chi connectivity index (χ3n) is 8.02. The quantitative estimate of drug-likeness (QED) is 0.0858. The van der Waals surface area contributed by atoms with Gasteiger partial charge in [0.05, 0.1) is 13.2 Å². The van der Waals surface area contributed by atoms with Crippen LogP contribution in [0.15, 0.2) is 59.0 Å². The van der Waals surface area contributed by atoms with Crippen molar-refractivity contribution in [2.24, 2.45) is 11.3 Å². The molecule has 0 aromatic carbocycles. The SMILES string of the molecule is COC1=CC[C@@H]([C@@H](C)/C=C(C)/C=C\C#CC(=O)N[C@H](C(=O)N/C=C\C[C@H](C/C=C(\C)Cl)O[Si](C)(C)C(C)(C)C)C(C)(C)C)OC1=O.S.S.S. The summed E-state index contributed by atoms with van der Waals surface area (Å²) in [6, 6.07) is -0.808. The predicted molar refractivity (Wildman–Crippen MR) is 220 cm³/mol. The van der Waals surface area contributed by atoms with Gasteiger partial charge in [-0.2, -0.15) is 40.5 Å². The summed E-state index contributed by atoms with van der Waals surface area (Å²) in [5.74, 6) is 4.11. The van der Waals surface area contributed by atoms with Crippen LogP contribution in [0.3, 0.4) is 0 Å². The molecule has 0 aromatic rings. The maximum Gasteiger partial charge on any atom is 0.373 e. The lowest BCUT2D eigenvalue weighted by atomic mass is 9.86. The van der Waals surface area contributed by atoms with Crippen LogP contribution < -0.4 is 10.6 Å². The lowest BCUT2D eigenvalue weighted by Crippen LogP contribution is -2.52. The molecule has 0 bridgehead atoms. The number of esters is 1. The second-order valence-electron chi connectivity index (χ2n) is 14.3. The second kappa shape index (κ2) is 23.5. The molecule has 49 heavy (non-hydrogen) atoms. The van der Waals surface area contributed by atoms with Gasteiger partial charge in [-0.1, -0.05) is 95.9 Å². The van der Waals surface area contributed by atoms with Crippen molar-refractivity contribution in [3.8, 4) is 11.8 Å². The molecule has 1 rings (SSSR count). The van der Waals surface area contributed by atoms with E-state index in [-0.39, 0.29) is 75.3 Å². The topological polar surface area (TPSA) is 103 Å². The van der Waals surface area contributed by atoms with Crippen molar-refractivity contribution < 1.29 is 28.3 Å². The second-order valence-corrected chi connectivity index (χ2v) is 19.6. The summed E-state index contributed by atoms with van der Waals surface area (Å²) >= 11 is 6.09. The van der Waals surface area contributed by atoms with Gasteiger partial charge in [-0.15, -0.1) is 0 Å². The number of amides is 2. The highest BCUT2D eigenvalue weighted by atomic mass is 35.5. The number of allylic oxidation sites excluding steroid dienone is 4. The number of ether oxygens (including phenoxy) is 2. The van der Waals surface area contributed by atoms with E-state index in [1.807, 2.05) is 59.8 Å². The zero-order valence-corrected chi connectivity index (χ0v) is 36.1. The van der Waals surface area contributed by atoms with E-state index in [9.17, 15) is 14.4 Å². The van der Waals surface area contributed by atoms with E-state index < -0.39 is 31.7 Å². The number of carbonyl (C=O) groups excluding carboxylic acids is 3. The van der Waals surface area contributed by atoms with Crippen LogP contribution in [0, 0.1) is 23.2 Å². The zero-order chi connectivity index (χ0) is 35.3. The molecule has 1 aliphatic heterocycles. The van der Waals surface area contributed by atoms with Gasteiger partial charge >= 0.3 is 5.97 Å². The molecule has 4 atom stereocenters. The Labute approximate surface area is 322 Å². The minimum absolute atomic E-state index is 0. The maximum absolute atomic E-state index is 13.1. The fraction of sp³-hybridized carbons (Fsp3) is 0.583. The van der Waals surface area contributed by atoms with E-state index in [4.69, 9.17) is 25.5 Å². The van der Waals surface area contributed by atoms with Gasteiger partial charge in [0.1, 0.15) is 12.1 Å². The fourth-order valence-corrected chi connectivity index (χ4v) is 5.73. The maximum atomic E-state index is 13.1. The molecule has 0 spiro atoms. The molecule has 2 amide bonds. The first-order valence-corrected chi connectivity index (χ1v) is 19.0. The molecule has 0 aromatic heterocycles. The van der Waals surface area contributed by atoms with Gasteiger partial charge in [0.25, 0.3) is 5.91 Å². The van der Waals surface area contributed by atoms with Gasteiger partial charge in [0.2, 0.25) is 5.91 Å². The molecule has 2 N–H and O–H groups in total. The molecule has 1 aliphatic rings. The summed E-state index contributed by atoms with van der Waals surface area (Å²) in [5, 5.41) is 6.34. The molecule has 0 radical (unpaired) electrons. The van der Waals surface area contributed by atoms with Gasteiger partial charge in [-0.05, 0) is 74.5 Å². The first kappa shape index (κ1) is 51.4. The molecule has 1 heterocycles. The van der Waals surface area contributed by atoms with E-state index in [2.05, 4.69) is 56.3 Å². The Morgan fingerprint density at radius 1 is 1.12 bits per heavy atom. The smallest absolute Gasteiger partial charge is 0.373 e. The Morgan fingerprint density at radius 2 is 1.73 bits per heavy atom. The number of rotatable bonds is 13. The minimum Gasteiger partial charge on any atom is -0.490 e. The summed E-state index contributed by atoms with van der Waals surface area (Å²) in [6.07, 6.45) is 14.0. The van der Waals surface area contributed by atoms with Crippen LogP contribution in [0.5, 0.6) is 0 Å². The first-order chi connectivity index (χ1) is 21.2. The predicted octanol–water partition coefficient (Wildman–Crippen LogP) is 7.79. The van der Waals surface area contributed by atoms with Crippen molar-refractivity contribution in [3.63, 3.8) is 0 Å². The fourth-order valence-electron chi connectivity index (χ4n) is 4.26. The lowest BCUT2D eigenvalue weighted by molar-refractivity contribution is -0.151. The summed E-state index contributed by atoms with van der Waals surface area (Å²) in [5.41, 5.74) is 0.350. The Morgan fingerprint density at radius 3 is 2.24 bits per heavy atom. The van der Waals surface area contributed by atoms with Crippen molar-refractivity contribution in [2.75, 3.05) is 7.11 Å². The zero-order valence-electron chi connectivity index (χ0n) is 31.3. The van der Waals surface area contributed by atoms with E-state index in [0.29, 0.717) is 24.3 Å². The van der Waals surface area contributed by atoms with E-state index in [1.165, 1.54) is 7.11 Å². The van der Waals surface area contributed by atoms with E-state index in [0.717, 1.165) is 5.57 Å². The Bertz CT molecular complexity index is 1300. The van der Waals surface area contributed by atoms with Crippen molar-refractivity contribution in [1.29, 1.82) is 0 Å². The summed E-state index contributed by atoms with van der Waals surface area (Å²) < 4.78 is 17.0. The molecule has 0 saturated heterocycles. The van der Waals surface area contributed by atoms with Crippen LogP contribution in [0.25, 0.3) is 0 Å². The van der Waals surface area contributed by atoms with Gasteiger partial charge < -0.3 is 24.5 Å². The molecule has 280 valence electrons. The molecule has 0 unspecified atom stereocenters. The van der Waals surface area contributed by atoms with Gasteiger partial charge in [-0.25, -0.2) is 4.79 Å². The Hall–Kier alpha value is -2.01. The number of hydrogen-bond acceptors (Lipinski definition) is 6. The van der Waals surface area contributed by atoms with Gasteiger partial charge in [0.15, 0.2) is 14.1 Å². The summed E-state index contributed by atoms with van der Waals surface area (Å²) in [4.78, 5) is 37.7. The highest BCUT2D eigenvalue weighted by molar-refractivity contribution is 7.59. The normalized spacial score (nSPS) is 17.5. The number of carbonyl (C=O) groups is 3. The van der Waals surface area contributed by atoms with Crippen LogP contribution in [0.1, 0.15) is 81.6 Å². The van der Waals surface area contributed by atoms with E-state index in [1.54, 1.807) is 24.4 Å². The van der Waals surface area contributed by atoms with Crippen LogP contribution in [-0.2, 0) is 28.3 Å². The number of cyclic esters (lactones) is 1. The van der Waals surface area contributed by atoms with Crippen molar-refractivity contribution in [1.82, 2.24) is 10.6 Å². The van der Waals surface area contributed by atoms with Crippen LogP contribution in [0.2, 0.25) is 18.1 Å². The average Bonchev–Trinajstić information content (AvgIpc) is 2.93. The van der Waals surface area contributed by atoms with Crippen molar-refractivity contribution in [2.45, 2.75) is 118 Å². The number of methoxy groups -OCH3 is 1. The van der Waals surface area contributed by atoms with Gasteiger partial charge in [0, 0.05) is 17.4 Å². The molecule has 0 aliphatic carbocycles. The van der Waals surface area contributed by atoms with Crippen LogP contribution in [0.4, 0.5) is 0 Å². The number of nitrogens with one attached hydrogen (secondary N) is 2. The lowest BCUT2D eigenvalue weighted by Gasteiger charge is -2.39. The largest absolute Gasteiger partial charge is 0.490 e. The van der Waals surface area contributed by atoms with E-state index >= 15 is 0 Å². The number of hydrogen-bond donors (Lipinski definition) is 2. The minimum atomic E-state index is -2.01. The highest BCUT2D eigenvalue weighted by Gasteiger charge is 2.39. The third kappa shape index (κ3) is 19.2. The average molecular weight is 778 g/mol. The van der Waals surface area contributed by atoms with Crippen molar-refractivity contribution in [3.05, 3.63) is 59.0 Å². The Kier molecular flexibility index (Phi) is 24.6. The molecule has 0 fully saturated rings. The standard InChI is InChI=1S/C36H55ClN2O6Si.3H2S/c1-25(24-26(2)29-21-22-30(43-10)34(42)44-29)16-13-14-18-31(40)39-32(35(4,5)6)33(41)38-23-15-17-28(20-19-27(3)37)45-46(11,12)36(7,8)9;;;/h13,15-16,19,22-24,26,28-29,32H,17,20-21H2,1-12H3,(H,38,41)(H,39,40);3*1H2/b16-13-,23-15-,25-24+,27-19+;;;/t26-,28+,29-,32+;;;/m0.../s1. The highest BCUT2D eigenvalue weighted by Crippen LogP contribution is 2.38. The molecular weight excluding hydrogens is 716 g/mol. The molecule has 8 nitrogen and oxygen atoms in total. The summed E-state index contributed by atoms with van der Waals surface area (Å²) in [6.45, 7) is 22.4. The first-order valence-electron chi connectivity index (χ1n) is 15.8. The number of halogens is 1. The van der Waals surface area contributed by atoms with Gasteiger partial charge in [-0.3, -0.25) is 9.59 Å². The summed E-state index contributed by atoms with van der Waals surface area (Å²) in [7, 11) is -0.567.